The number of aromatic nitrogens is 4. The Hall–Kier alpha value is -5.10. The Morgan fingerprint density at radius 2 is 1.11 bits per heavy atom. The molecule has 2 saturated heterocycles. The fraction of sp³-hybridized carbons (Fsp3) is 0.431. The van der Waals surface area contributed by atoms with Crippen LogP contribution in [0.1, 0.15) is 112 Å². The lowest BCUT2D eigenvalue weighted by Crippen LogP contribution is -2.41. The summed E-state index contributed by atoms with van der Waals surface area (Å²) in [7, 11) is 0. The predicted octanol–water partition coefficient (Wildman–Crippen LogP) is 10.7. The number of para-hydroxylation sites is 2. The second-order valence-electron chi connectivity index (χ2n) is 18.4. The molecule has 0 atom stereocenters. The molecule has 0 saturated carbocycles. The minimum absolute atomic E-state index is 0. The first-order chi connectivity index (χ1) is 33.4. The third-order valence-electron chi connectivity index (χ3n) is 12.4. The molecular weight excluding hydrogens is 995 g/mol. The van der Waals surface area contributed by atoms with Gasteiger partial charge in [0.1, 0.15) is 32.0 Å². The number of piperidine rings is 2. The van der Waals surface area contributed by atoms with Gasteiger partial charge in [-0.25, -0.2) is 14.2 Å². The van der Waals surface area contributed by atoms with Crippen molar-refractivity contribution in [2.45, 2.75) is 89.6 Å². The summed E-state index contributed by atoms with van der Waals surface area (Å²) < 4.78 is 33.1. The van der Waals surface area contributed by atoms with E-state index in [1.807, 2.05) is 63.2 Å². The van der Waals surface area contributed by atoms with Crippen LogP contribution in [0.15, 0.2) is 72.8 Å². The van der Waals surface area contributed by atoms with E-state index in [0.29, 0.717) is 92.4 Å². The molecule has 4 aliphatic rings. The summed E-state index contributed by atoms with van der Waals surface area (Å²) in [5, 5.41) is 13.0. The molecule has 2 fully saturated rings. The summed E-state index contributed by atoms with van der Waals surface area (Å²) in [5.41, 5.74) is 3.99. The smallest absolute Gasteiger partial charge is 0.410 e. The van der Waals surface area contributed by atoms with E-state index in [2.05, 4.69) is 11.4 Å². The first kappa shape index (κ1) is 51.3. The molecule has 1 amide bonds. The first-order valence-electron chi connectivity index (χ1n) is 23.6. The maximum Gasteiger partial charge on any atom is 0.410 e. The molecule has 6 aromatic rings. The number of carbonyl (C=O) groups is 3. The van der Waals surface area contributed by atoms with Crippen LogP contribution in [0.4, 0.5) is 4.79 Å². The van der Waals surface area contributed by atoms with E-state index in [-0.39, 0.29) is 36.2 Å². The molecule has 0 bridgehead atoms. The van der Waals surface area contributed by atoms with Crippen LogP contribution in [0.3, 0.4) is 0 Å². The lowest BCUT2D eigenvalue weighted by molar-refractivity contribution is 0.0204. The van der Waals surface area contributed by atoms with Crippen molar-refractivity contribution < 1.29 is 38.1 Å². The van der Waals surface area contributed by atoms with Gasteiger partial charge in [-0.05, 0) is 146 Å². The van der Waals surface area contributed by atoms with Crippen molar-refractivity contribution in [1.82, 2.24) is 29.8 Å². The number of halogens is 3. The molecule has 0 spiro atoms. The summed E-state index contributed by atoms with van der Waals surface area (Å²) in [6.07, 6.45) is 6.19. The summed E-state index contributed by atoms with van der Waals surface area (Å²) in [6, 6.07) is 22.8. The molecule has 70 heavy (non-hydrogen) atoms. The van der Waals surface area contributed by atoms with Crippen molar-refractivity contribution in [3.05, 3.63) is 125 Å². The molecule has 4 aromatic heterocycles. The monoisotopic (exact) mass is 1050 g/mol. The SMILES string of the molecule is CC(C)(C)OC(=O)N1CCC(c2cc(CCc3ccc(Cl)s3)n(C(=O)c3cccc4c3OCCO4)n2)CC1.Cl.O=C(c1cccc2c1OCCO2)n1nc(C2CCNCC2)cc1CCc1ccc(Cl)s1. The first-order valence-corrected chi connectivity index (χ1v) is 26.0. The minimum atomic E-state index is -0.528. The lowest BCUT2D eigenvalue weighted by atomic mass is 9.93. The number of hydrogen-bond donors (Lipinski definition) is 1. The Kier molecular flexibility index (Phi) is 16.8. The van der Waals surface area contributed by atoms with Crippen LogP contribution in [0.2, 0.25) is 8.67 Å². The normalized spacial score (nSPS) is 15.9. The van der Waals surface area contributed by atoms with Gasteiger partial charge in [-0.15, -0.1) is 35.1 Å². The van der Waals surface area contributed by atoms with Gasteiger partial charge in [0.05, 0.1) is 31.2 Å². The molecule has 19 heteroatoms. The number of carbonyl (C=O) groups excluding carboxylic acids is 3. The number of fused-ring (bicyclic) bond motifs is 2. The topological polar surface area (TPSA) is 148 Å². The maximum atomic E-state index is 13.8. The number of hydrogen-bond acceptors (Lipinski definition) is 13. The average molecular weight is 1050 g/mol. The number of amides is 1. The molecule has 2 aromatic carbocycles. The summed E-state index contributed by atoms with van der Waals surface area (Å²) in [4.78, 5) is 44.0. The number of rotatable bonds is 10. The van der Waals surface area contributed by atoms with E-state index in [9.17, 15) is 14.4 Å². The van der Waals surface area contributed by atoms with Gasteiger partial charge in [0.25, 0.3) is 11.8 Å². The van der Waals surface area contributed by atoms with Crippen LogP contribution in [-0.4, -0.2) is 101 Å². The fourth-order valence-electron chi connectivity index (χ4n) is 8.98. The van der Waals surface area contributed by atoms with E-state index < -0.39 is 5.60 Å². The third kappa shape index (κ3) is 12.3. The van der Waals surface area contributed by atoms with E-state index in [4.69, 9.17) is 57.1 Å². The second-order valence-corrected chi connectivity index (χ2v) is 22.0. The Bertz CT molecular complexity index is 2790. The number of ether oxygens (including phenoxy) is 5. The fourth-order valence-corrected chi connectivity index (χ4v) is 11.2. The zero-order valence-corrected chi connectivity index (χ0v) is 43.3. The molecule has 4 aliphatic heterocycles. The summed E-state index contributed by atoms with van der Waals surface area (Å²) in [5.74, 6) is 2.23. The van der Waals surface area contributed by atoms with Crippen LogP contribution >= 0.6 is 58.3 Å². The van der Waals surface area contributed by atoms with Crippen molar-refractivity contribution in [3.63, 3.8) is 0 Å². The Morgan fingerprint density at radius 3 is 1.56 bits per heavy atom. The number of likely N-dealkylation sites (tertiary alicyclic amines) is 1. The number of nitrogens with one attached hydrogen (secondary N) is 1. The highest BCUT2D eigenvalue weighted by atomic mass is 35.5. The molecule has 0 unspecified atom stereocenters. The minimum Gasteiger partial charge on any atom is -0.486 e. The summed E-state index contributed by atoms with van der Waals surface area (Å²) >= 11 is 15.3. The number of aryl methyl sites for hydroxylation is 4. The zero-order chi connectivity index (χ0) is 48.1. The van der Waals surface area contributed by atoms with Gasteiger partial charge in [-0.3, -0.25) is 9.59 Å². The number of thiophene rings is 2. The van der Waals surface area contributed by atoms with Crippen molar-refractivity contribution in [2.24, 2.45) is 0 Å². The predicted molar refractivity (Wildman–Crippen MR) is 274 cm³/mol. The molecule has 10 rings (SSSR count). The molecule has 8 heterocycles. The van der Waals surface area contributed by atoms with Crippen molar-refractivity contribution >= 4 is 76.2 Å². The molecule has 372 valence electrons. The van der Waals surface area contributed by atoms with Gasteiger partial charge in [0.2, 0.25) is 0 Å². The van der Waals surface area contributed by atoms with Crippen LogP contribution < -0.4 is 24.3 Å². The van der Waals surface area contributed by atoms with Crippen molar-refractivity contribution in [3.8, 4) is 23.0 Å². The quantitative estimate of drug-likeness (QED) is 0.140. The van der Waals surface area contributed by atoms with Gasteiger partial charge in [0.15, 0.2) is 23.0 Å². The molecule has 0 aliphatic carbocycles. The molecule has 0 radical (unpaired) electrons. The Labute approximate surface area is 431 Å². The zero-order valence-electron chi connectivity index (χ0n) is 39.4. The van der Waals surface area contributed by atoms with Gasteiger partial charge in [-0.2, -0.15) is 10.2 Å². The van der Waals surface area contributed by atoms with E-state index in [1.165, 1.54) is 9.56 Å². The van der Waals surface area contributed by atoms with Crippen LogP contribution in [-0.2, 0) is 30.4 Å². The largest absolute Gasteiger partial charge is 0.486 e. The molecular formula is C51H57Cl3N6O8S2. The van der Waals surface area contributed by atoms with Crippen LogP contribution in [0, 0.1) is 0 Å². The lowest BCUT2D eigenvalue weighted by Gasteiger charge is -2.32. The van der Waals surface area contributed by atoms with Crippen molar-refractivity contribution in [2.75, 3.05) is 52.6 Å². The second kappa shape index (κ2) is 23.0. The highest BCUT2D eigenvalue weighted by Gasteiger charge is 2.32. The van der Waals surface area contributed by atoms with Crippen LogP contribution in [0.5, 0.6) is 23.0 Å². The van der Waals surface area contributed by atoms with E-state index >= 15 is 0 Å². The van der Waals surface area contributed by atoms with Gasteiger partial charge < -0.3 is 33.9 Å². The third-order valence-corrected chi connectivity index (χ3v) is 15.0. The standard InChI is InChI=1S/C28H32ClN3O5S.C23H24ClN3O3S.ClH/c1-28(2,3)37-27(34)31-13-11-18(12-14-31)22-17-19(7-8-20-9-10-24(29)38-20)32(30-22)26(33)21-5-4-6-23-25(21)36-16-15-35-23;24-21-7-6-17(31-21)5-4-16-14-19(15-8-10-25-11-9-15)26-27(16)23(28)18-2-1-3-20-22(18)30-13-12-29-20;/h4-6,9-10,17-18H,7-8,11-16H2,1-3H3;1-3,6-7,14-15,25H,4-5,8-13H2;1H. The van der Waals surface area contributed by atoms with Gasteiger partial charge in [-0.1, -0.05) is 35.3 Å². The molecule has 1 N–H and O–H groups in total. The molecule has 14 nitrogen and oxygen atoms in total. The summed E-state index contributed by atoms with van der Waals surface area (Å²) in [6.45, 7) is 10.5. The highest BCUT2D eigenvalue weighted by molar-refractivity contribution is 7.16. The number of nitrogens with zero attached hydrogens (tertiary/aromatic N) is 5. The van der Waals surface area contributed by atoms with Gasteiger partial charge >= 0.3 is 6.09 Å². The Morgan fingerprint density at radius 1 is 0.657 bits per heavy atom. The van der Waals surface area contributed by atoms with Crippen molar-refractivity contribution in [1.29, 1.82) is 0 Å². The van der Waals surface area contributed by atoms with Gasteiger partial charge in [0, 0.05) is 46.1 Å². The number of benzene rings is 2. The Balaban J connectivity index is 0.000000189. The highest BCUT2D eigenvalue weighted by Crippen LogP contribution is 2.37. The average Bonchev–Trinajstić information content (AvgIpc) is 4.19. The maximum absolute atomic E-state index is 13.8. The van der Waals surface area contributed by atoms with Crippen LogP contribution in [0.25, 0.3) is 0 Å². The van der Waals surface area contributed by atoms with E-state index in [0.717, 1.165) is 87.9 Å². The van der Waals surface area contributed by atoms with E-state index in [1.54, 1.807) is 56.5 Å².